The lowest BCUT2D eigenvalue weighted by Gasteiger charge is -2.20. The van der Waals surface area contributed by atoms with E-state index >= 15 is 0 Å². The number of hydrogen-bond donors (Lipinski definition) is 3. The van der Waals surface area contributed by atoms with Crippen molar-refractivity contribution >= 4 is 11.9 Å². The molecule has 1 aliphatic rings. The summed E-state index contributed by atoms with van der Waals surface area (Å²) in [6, 6.07) is -0.935. The maximum atomic E-state index is 11.6. The number of aliphatic hydroxyl groups is 1. The van der Waals surface area contributed by atoms with Crippen molar-refractivity contribution in [1.29, 1.82) is 0 Å². The van der Waals surface area contributed by atoms with Crippen LogP contribution in [0, 0.1) is 12.3 Å². The molecule has 0 aromatic rings. The molecule has 1 aliphatic heterocycles. The first-order valence-electron chi connectivity index (χ1n) is 4.90. The molecule has 0 saturated carbocycles. The number of β-amino-alcohol motifs (C(OH)–C–C–N with tert-alkyl or cyclic N) is 1. The number of hydrogen-bond acceptors (Lipinski definition) is 4. The van der Waals surface area contributed by atoms with Crippen LogP contribution >= 0.6 is 0 Å². The standard InChI is InChI=1S/C10H14N2O4/c1-2-3-11-5-9(14)12-6-7(13)4-8(12)10(15)16/h1,7-8,11,13H,3-6H2,(H,15,16)/t7-,8+/m1/s1. The van der Waals surface area contributed by atoms with Gasteiger partial charge in [0, 0.05) is 13.0 Å². The normalized spacial score (nSPS) is 24.1. The fourth-order valence-corrected chi connectivity index (χ4v) is 1.67. The number of nitrogens with one attached hydrogen (secondary N) is 1. The Morgan fingerprint density at radius 2 is 2.25 bits per heavy atom. The van der Waals surface area contributed by atoms with Gasteiger partial charge in [0.25, 0.3) is 0 Å². The van der Waals surface area contributed by atoms with Crippen molar-refractivity contribution in [2.75, 3.05) is 19.6 Å². The van der Waals surface area contributed by atoms with E-state index in [2.05, 4.69) is 11.2 Å². The predicted molar refractivity (Wildman–Crippen MR) is 55.5 cm³/mol. The Labute approximate surface area is 93.2 Å². The number of terminal acetylenes is 1. The van der Waals surface area contributed by atoms with Crippen LogP contribution in [0.2, 0.25) is 0 Å². The minimum absolute atomic E-state index is 0.0132. The van der Waals surface area contributed by atoms with Gasteiger partial charge in [-0.05, 0) is 0 Å². The number of carbonyl (C=O) groups excluding carboxylic acids is 1. The van der Waals surface area contributed by atoms with Crippen LogP contribution in [0.25, 0.3) is 0 Å². The topological polar surface area (TPSA) is 89.9 Å². The van der Waals surface area contributed by atoms with Gasteiger partial charge in [-0.3, -0.25) is 10.1 Å². The second kappa shape index (κ2) is 5.49. The van der Waals surface area contributed by atoms with Crippen LogP contribution in [0.3, 0.4) is 0 Å². The number of aliphatic carboxylic acids is 1. The summed E-state index contributed by atoms with van der Waals surface area (Å²) in [6.07, 6.45) is 4.31. The van der Waals surface area contributed by atoms with Crippen molar-refractivity contribution in [2.45, 2.75) is 18.6 Å². The number of nitrogens with zero attached hydrogens (tertiary/aromatic N) is 1. The minimum Gasteiger partial charge on any atom is -0.480 e. The van der Waals surface area contributed by atoms with E-state index < -0.39 is 18.1 Å². The molecule has 1 rings (SSSR count). The lowest BCUT2D eigenvalue weighted by atomic mass is 10.2. The van der Waals surface area contributed by atoms with Gasteiger partial charge in [-0.15, -0.1) is 6.42 Å². The number of likely N-dealkylation sites (tertiary alicyclic amines) is 1. The van der Waals surface area contributed by atoms with Crippen LogP contribution in [0.15, 0.2) is 0 Å². The number of rotatable bonds is 4. The number of carboxylic acid groups (broad SMARTS) is 1. The van der Waals surface area contributed by atoms with Crippen LogP contribution in [0.4, 0.5) is 0 Å². The van der Waals surface area contributed by atoms with Crippen molar-refractivity contribution in [3.05, 3.63) is 0 Å². The third kappa shape index (κ3) is 2.95. The molecule has 1 heterocycles. The van der Waals surface area contributed by atoms with Gasteiger partial charge in [0.15, 0.2) is 0 Å². The van der Waals surface area contributed by atoms with E-state index in [1.165, 1.54) is 0 Å². The summed E-state index contributed by atoms with van der Waals surface area (Å²) in [5, 5.41) is 20.9. The van der Waals surface area contributed by atoms with E-state index in [4.69, 9.17) is 11.5 Å². The highest BCUT2D eigenvalue weighted by molar-refractivity contribution is 5.85. The molecular formula is C10H14N2O4. The third-order valence-corrected chi connectivity index (χ3v) is 2.39. The Bertz CT molecular complexity index is 323. The second-order valence-electron chi connectivity index (χ2n) is 3.60. The van der Waals surface area contributed by atoms with Gasteiger partial charge < -0.3 is 15.1 Å². The third-order valence-electron chi connectivity index (χ3n) is 2.39. The second-order valence-corrected chi connectivity index (χ2v) is 3.60. The molecule has 3 N–H and O–H groups in total. The molecule has 0 radical (unpaired) electrons. The van der Waals surface area contributed by atoms with Crippen molar-refractivity contribution in [2.24, 2.45) is 0 Å². The molecule has 0 bridgehead atoms. The molecule has 1 fully saturated rings. The molecule has 2 atom stereocenters. The van der Waals surface area contributed by atoms with Gasteiger partial charge in [0.1, 0.15) is 6.04 Å². The Hall–Kier alpha value is -1.58. The Kier molecular flexibility index (Phi) is 4.28. The summed E-state index contributed by atoms with van der Waals surface area (Å²) in [4.78, 5) is 23.6. The molecule has 6 heteroatoms. The maximum absolute atomic E-state index is 11.6. The molecule has 16 heavy (non-hydrogen) atoms. The summed E-state index contributed by atoms with van der Waals surface area (Å²) in [7, 11) is 0. The highest BCUT2D eigenvalue weighted by Crippen LogP contribution is 2.17. The lowest BCUT2D eigenvalue weighted by Crippen LogP contribution is -2.44. The Morgan fingerprint density at radius 1 is 1.56 bits per heavy atom. The number of aliphatic hydroxyl groups excluding tert-OH is 1. The van der Waals surface area contributed by atoms with Gasteiger partial charge in [0.2, 0.25) is 5.91 Å². The summed E-state index contributed by atoms with van der Waals surface area (Å²) in [5.41, 5.74) is 0. The molecule has 0 aromatic carbocycles. The zero-order valence-electron chi connectivity index (χ0n) is 8.72. The SMILES string of the molecule is C#CCNCC(=O)N1C[C@H](O)C[C@H]1C(=O)O. The Morgan fingerprint density at radius 3 is 2.81 bits per heavy atom. The summed E-state index contributed by atoms with van der Waals surface area (Å²) < 4.78 is 0. The van der Waals surface area contributed by atoms with Crippen molar-refractivity contribution in [3.8, 4) is 12.3 Å². The van der Waals surface area contributed by atoms with Gasteiger partial charge in [-0.2, -0.15) is 0 Å². The molecule has 88 valence electrons. The van der Waals surface area contributed by atoms with Gasteiger partial charge in [0.05, 0.1) is 19.2 Å². The first-order chi connectivity index (χ1) is 7.56. The van der Waals surface area contributed by atoms with E-state index in [0.29, 0.717) is 0 Å². The largest absolute Gasteiger partial charge is 0.480 e. The fraction of sp³-hybridized carbons (Fsp3) is 0.600. The summed E-state index contributed by atoms with van der Waals surface area (Å²) >= 11 is 0. The smallest absolute Gasteiger partial charge is 0.326 e. The van der Waals surface area contributed by atoms with Gasteiger partial charge in [-0.25, -0.2) is 4.79 Å². The molecule has 0 aliphatic carbocycles. The van der Waals surface area contributed by atoms with Crippen LogP contribution in [-0.2, 0) is 9.59 Å². The van der Waals surface area contributed by atoms with E-state index in [-0.39, 0.29) is 32.0 Å². The van der Waals surface area contributed by atoms with E-state index in [1.54, 1.807) is 0 Å². The van der Waals surface area contributed by atoms with Crippen LogP contribution < -0.4 is 5.32 Å². The maximum Gasteiger partial charge on any atom is 0.326 e. The molecule has 1 saturated heterocycles. The van der Waals surface area contributed by atoms with Crippen molar-refractivity contribution in [3.63, 3.8) is 0 Å². The average molecular weight is 226 g/mol. The van der Waals surface area contributed by atoms with Crippen molar-refractivity contribution in [1.82, 2.24) is 10.2 Å². The highest BCUT2D eigenvalue weighted by atomic mass is 16.4. The van der Waals surface area contributed by atoms with Crippen molar-refractivity contribution < 1.29 is 19.8 Å². The monoisotopic (exact) mass is 226 g/mol. The molecular weight excluding hydrogens is 212 g/mol. The van der Waals surface area contributed by atoms with Crippen LogP contribution in [-0.4, -0.2) is 58.8 Å². The molecule has 0 aromatic heterocycles. The molecule has 1 amide bonds. The molecule has 0 unspecified atom stereocenters. The van der Waals surface area contributed by atoms with E-state index in [1.807, 2.05) is 0 Å². The summed E-state index contributed by atoms with van der Waals surface area (Å²) in [5.74, 6) is 0.851. The lowest BCUT2D eigenvalue weighted by molar-refractivity contribution is -0.147. The average Bonchev–Trinajstić information content (AvgIpc) is 2.61. The zero-order valence-corrected chi connectivity index (χ0v) is 8.72. The summed E-state index contributed by atoms with van der Waals surface area (Å²) in [6.45, 7) is 0.300. The fourth-order valence-electron chi connectivity index (χ4n) is 1.67. The predicted octanol–water partition coefficient (Wildman–Crippen LogP) is -1.74. The number of carboxylic acids is 1. The first kappa shape index (κ1) is 12.5. The molecule has 0 spiro atoms. The highest BCUT2D eigenvalue weighted by Gasteiger charge is 2.38. The van der Waals surface area contributed by atoms with E-state index in [0.717, 1.165) is 4.90 Å². The Balaban J connectivity index is 2.54. The van der Waals surface area contributed by atoms with Crippen LogP contribution in [0.1, 0.15) is 6.42 Å². The van der Waals surface area contributed by atoms with Crippen LogP contribution in [0.5, 0.6) is 0 Å². The number of carbonyl (C=O) groups is 2. The minimum atomic E-state index is -1.10. The first-order valence-corrected chi connectivity index (χ1v) is 4.90. The van der Waals surface area contributed by atoms with E-state index in [9.17, 15) is 14.7 Å². The number of amides is 1. The zero-order chi connectivity index (χ0) is 12.1. The van der Waals surface area contributed by atoms with Gasteiger partial charge in [-0.1, -0.05) is 5.92 Å². The quantitative estimate of drug-likeness (QED) is 0.391. The molecule has 6 nitrogen and oxygen atoms in total. The van der Waals surface area contributed by atoms with Gasteiger partial charge >= 0.3 is 5.97 Å².